The van der Waals surface area contributed by atoms with Crippen molar-refractivity contribution >= 4 is 25.8 Å². The van der Waals surface area contributed by atoms with E-state index in [9.17, 15) is 26.7 Å². The van der Waals surface area contributed by atoms with Gasteiger partial charge in [-0.2, -0.15) is 4.72 Å². The maximum Gasteiger partial charge on any atom is 0.324 e. The Morgan fingerprint density at radius 1 is 1.10 bits per heavy atom. The highest BCUT2D eigenvalue weighted by atomic mass is 32.2. The molecule has 0 spiro atoms. The van der Waals surface area contributed by atoms with Crippen LogP contribution in [0, 0.1) is 0 Å². The first-order chi connectivity index (χ1) is 9.67. The Hall–Kier alpha value is -0.670. The first-order valence-corrected chi connectivity index (χ1v) is 10.5. The molecular formula is C12H21NO6S2. The number of nitrogens with one attached hydrogen (secondary N) is 1. The molecule has 0 aromatic heterocycles. The number of carbonyl (C=O) groups is 1. The monoisotopic (exact) mass is 339 g/mol. The summed E-state index contributed by atoms with van der Waals surface area (Å²) < 4.78 is 49.9. The minimum absolute atomic E-state index is 0.0351. The molecule has 9 heteroatoms. The van der Waals surface area contributed by atoms with E-state index in [1.807, 2.05) is 0 Å². The first-order valence-electron chi connectivity index (χ1n) is 7.14. The third-order valence-electron chi connectivity index (χ3n) is 4.39. The van der Waals surface area contributed by atoms with E-state index in [0.717, 1.165) is 6.42 Å². The number of sulfonamides is 1. The fourth-order valence-corrected chi connectivity index (χ4v) is 6.70. The molecule has 0 radical (unpaired) electrons. The van der Waals surface area contributed by atoms with E-state index in [1.54, 1.807) is 0 Å². The van der Waals surface area contributed by atoms with Crippen molar-refractivity contribution in [2.75, 3.05) is 11.5 Å². The highest BCUT2D eigenvalue weighted by Gasteiger charge is 2.45. The van der Waals surface area contributed by atoms with Gasteiger partial charge in [0.1, 0.15) is 15.4 Å². The van der Waals surface area contributed by atoms with Crippen molar-refractivity contribution in [2.24, 2.45) is 0 Å². The smallest absolute Gasteiger partial charge is 0.324 e. The summed E-state index contributed by atoms with van der Waals surface area (Å²) in [5.74, 6) is -1.45. The minimum atomic E-state index is -3.83. The van der Waals surface area contributed by atoms with Crippen molar-refractivity contribution in [1.82, 2.24) is 4.72 Å². The van der Waals surface area contributed by atoms with Gasteiger partial charge in [-0.05, 0) is 25.7 Å². The molecule has 21 heavy (non-hydrogen) atoms. The first kappa shape index (κ1) is 16.7. The Kier molecular flexibility index (Phi) is 4.65. The van der Waals surface area contributed by atoms with Crippen molar-refractivity contribution in [3.05, 3.63) is 0 Å². The van der Waals surface area contributed by atoms with E-state index in [4.69, 9.17) is 0 Å². The highest BCUT2D eigenvalue weighted by Crippen LogP contribution is 2.31. The van der Waals surface area contributed by atoms with Crippen LogP contribution in [-0.4, -0.2) is 50.2 Å². The van der Waals surface area contributed by atoms with Gasteiger partial charge < -0.3 is 5.11 Å². The van der Waals surface area contributed by atoms with Gasteiger partial charge >= 0.3 is 5.97 Å². The van der Waals surface area contributed by atoms with Crippen molar-refractivity contribution in [3.63, 3.8) is 0 Å². The molecule has 7 nitrogen and oxygen atoms in total. The Morgan fingerprint density at radius 3 is 2.10 bits per heavy atom. The van der Waals surface area contributed by atoms with Crippen LogP contribution in [0.3, 0.4) is 0 Å². The van der Waals surface area contributed by atoms with Crippen molar-refractivity contribution < 1.29 is 26.7 Å². The normalized spacial score (nSPS) is 26.3. The predicted molar refractivity (Wildman–Crippen MR) is 77.2 cm³/mol. The van der Waals surface area contributed by atoms with E-state index in [1.165, 1.54) is 0 Å². The molecule has 2 aliphatic rings. The quantitative estimate of drug-likeness (QED) is 0.759. The van der Waals surface area contributed by atoms with E-state index >= 15 is 0 Å². The van der Waals surface area contributed by atoms with Crippen LogP contribution in [0.25, 0.3) is 0 Å². The maximum atomic E-state index is 12.4. The molecule has 1 aliphatic carbocycles. The van der Waals surface area contributed by atoms with Crippen molar-refractivity contribution in [1.29, 1.82) is 0 Å². The Balaban J connectivity index is 2.14. The molecule has 0 amide bonds. The molecule has 0 bridgehead atoms. The number of hydrogen-bond donors (Lipinski definition) is 2. The van der Waals surface area contributed by atoms with Crippen molar-refractivity contribution in [2.45, 2.75) is 55.7 Å². The van der Waals surface area contributed by atoms with Crippen LogP contribution in [0.4, 0.5) is 0 Å². The Morgan fingerprint density at radius 2 is 1.62 bits per heavy atom. The second kappa shape index (κ2) is 5.85. The summed E-state index contributed by atoms with van der Waals surface area (Å²) in [7, 11) is -6.98. The summed E-state index contributed by atoms with van der Waals surface area (Å²) in [6, 6.07) is 0. The average Bonchev–Trinajstić information content (AvgIpc) is 2.38. The lowest BCUT2D eigenvalue weighted by atomic mass is 9.83. The Labute approximate surface area is 125 Å². The van der Waals surface area contributed by atoms with Gasteiger partial charge in [-0.15, -0.1) is 0 Å². The Bertz CT molecular complexity index is 590. The summed E-state index contributed by atoms with van der Waals surface area (Å²) in [5, 5.41) is 8.59. The zero-order chi connectivity index (χ0) is 15.7. The van der Waals surface area contributed by atoms with Gasteiger partial charge in [-0.1, -0.05) is 19.3 Å². The molecule has 2 fully saturated rings. The van der Waals surface area contributed by atoms with E-state index in [2.05, 4.69) is 4.72 Å². The molecule has 1 saturated carbocycles. The van der Waals surface area contributed by atoms with Crippen LogP contribution >= 0.6 is 0 Å². The lowest BCUT2D eigenvalue weighted by Crippen LogP contribution is -2.58. The summed E-state index contributed by atoms with van der Waals surface area (Å²) >= 11 is 0. The van der Waals surface area contributed by atoms with E-state index in [0.29, 0.717) is 12.8 Å². The standard InChI is InChI=1S/C12H21NO6S2/c14-11(15)12(6-2-1-3-7-12)13-21(18,19)10-4-8-20(16,17)9-5-10/h10,13H,1-9H2,(H,14,15). The third kappa shape index (κ3) is 3.75. The number of carboxylic acid groups (broad SMARTS) is 1. The van der Waals surface area contributed by atoms with Crippen LogP contribution in [0.2, 0.25) is 0 Å². The summed E-state index contributed by atoms with van der Waals surface area (Å²) in [6.45, 7) is 0. The van der Waals surface area contributed by atoms with Crippen LogP contribution in [-0.2, 0) is 24.7 Å². The fraction of sp³-hybridized carbons (Fsp3) is 0.917. The fourth-order valence-electron chi connectivity index (χ4n) is 3.05. The minimum Gasteiger partial charge on any atom is -0.480 e. The molecule has 0 aromatic rings. The molecule has 0 atom stereocenters. The molecule has 122 valence electrons. The number of rotatable bonds is 4. The second-order valence-corrected chi connectivity index (χ2v) is 10.2. The molecule has 1 heterocycles. The molecule has 2 N–H and O–H groups in total. The van der Waals surface area contributed by atoms with Gasteiger partial charge in [0, 0.05) is 0 Å². The van der Waals surface area contributed by atoms with E-state index in [-0.39, 0.29) is 37.2 Å². The number of hydrogen-bond acceptors (Lipinski definition) is 5. The van der Waals surface area contributed by atoms with Crippen molar-refractivity contribution in [3.8, 4) is 0 Å². The third-order valence-corrected chi connectivity index (χ3v) is 8.13. The highest BCUT2D eigenvalue weighted by molar-refractivity contribution is 7.92. The van der Waals surface area contributed by atoms with Crippen LogP contribution in [0.5, 0.6) is 0 Å². The number of carboxylic acids is 1. The lowest BCUT2D eigenvalue weighted by molar-refractivity contribution is -0.145. The number of aliphatic carboxylic acids is 1. The number of sulfone groups is 1. The largest absolute Gasteiger partial charge is 0.480 e. The van der Waals surface area contributed by atoms with Gasteiger partial charge in [-0.3, -0.25) is 4.79 Å². The van der Waals surface area contributed by atoms with E-state index < -0.39 is 36.6 Å². The topological polar surface area (TPSA) is 118 Å². The van der Waals surface area contributed by atoms with Crippen LogP contribution < -0.4 is 4.72 Å². The van der Waals surface area contributed by atoms with Crippen LogP contribution in [0.1, 0.15) is 44.9 Å². The predicted octanol–water partition coefficient (Wildman–Crippen LogP) is 0.270. The maximum absolute atomic E-state index is 12.4. The average molecular weight is 339 g/mol. The summed E-state index contributed by atoms with van der Waals surface area (Å²) in [4.78, 5) is 11.5. The van der Waals surface area contributed by atoms with Gasteiger partial charge in [-0.25, -0.2) is 16.8 Å². The lowest BCUT2D eigenvalue weighted by Gasteiger charge is -2.35. The SMILES string of the molecule is O=C(O)C1(NS(=O)(=O)C2CCS(=O)(=O)CC2)CCCCC1. The summed E-state index contributed by atoms with van der Waals surface area (Å²) in [5.41, 5.74) is -1.42. The molecular weight excluding hydrogens is 318 g/mol. The zero-order valence-corrected chi connectivity index (χ0v) is 13.4. The second-order valence-electron chi connectivity index (χ2n) is 5.95. The van der Waals surface area contributed by atoms with Gasteiger partial charge in [0.05, 0.1) is 16.8 Å². The molecule has 2 rings (SSSR count). The molecule has 0 aromatic carbocycles. The zero-order valence-electron chi connectivity index (χ0n) is 11.7. The molecule has 0 unspecified atom stereocenters. The van der Waals surface area contributed by atoms with Gasteiger partial charge in [0.2, 0.25) is 10.0 Å². The van der Waals surface area contributed by atoms with Gasteiger partial charge in [0.15, 0.2) is 0 Å². The van der Waals surface area contributed by atoms with Gasteiger partial charge in [0.25, 0.3) is 0 Å². The molecule has 1 aliphatic heterocycles. The molecule has 1 saturated heterocycles. The van der Waals surface area contributed by atoms with Crippen LogP contribution in [0.15, 0.2) is 0 Å². The summed E-state index contributed by atoms with van der Waals surface area (Å²) in [6.07, 6.45) is 2.89.